The fourth-order valence-electron chi connectivity index (χ4n) is 3.69. The monoisotopic (exact) mass is 394 g/mol. The number of carbonyl (C=O) groups is 2. The summed E-state index contributed by atoms with van der Waals surface area (Å²) in [5, 5.41) is 2.94. The Balaban J connectivity index is 2.14. The minimum Gasteiger partial charge on any atom is -0.368 e. The molecule has 0 saturated carbocycles. The fraction of sp³-hybridized carbons (Fsp3) is 0.440. The highest BCUT2D eigenvalue weighted by Crippen LogP contribution is 2.32. The van der Waals surface area contributed by atoms with Crippen molar-refractivity contribution in [2.24, 2.45) is 5.73 Å². The van der Waals surface area contributed by atoms with Crippen molar-refractivity contribution in [3.63, 3.8) is 0 Å². The van der Waals surface area contributed by atoms with Crippen LogP contribution in [0.5, 0.6) is 0 Å². The first-order valence-corrected chi connectivity index (χ1v) is 10.7. The molecule has 0 fully saturated rings. The van der Waals surface area contributed by atoms with Crippen molar-refractivity contribution in [2.45, 2.75) is 70.3 Å². The average Bonchev–Trinajstić information content (AvgIpc) is 2.75. The van der Waals surface area contributed by atoms with Gasteiger partial charge in [0.15, 0.2) is 0 Å². The van der Waals surface area contributed by atoms with E-state index in [2.05, 4.69) is 12.2 Å². The number of primary amides is 1. The van der Waals surface area contributed by atoms with Gasteiger partial charge in [-0.25, -0.2) is 0 Å². The van der Waals surface area contributed by atoms with Gasteiger partial charge in [-0.15, -0.1) is 0 Å². The molecule has 0 aliphatic rings. The van der Waals surface area contributed by atoms with Gasteiger partial charge in [0.05, 0.1) is 5.41 Å². The summed E-state index contributed by atoms with van der Waals surface area (Å²) in [5.41, 5.74) is 6.47. The number of rotatable bonds is 12. The molecule has 2 amide bonds. The molecule has 156 valence electrons. The second kappa shape index (κ2) is 11.4. The largest absolute Gasteiger partial charge is 0.368 e. The van der Waals surface area contributed by atoms with Crippen LogP contribution in [-0.4, -0.2) is 17.9 Å². The van der Waals surface area contributed by atoms with Gasteiger partial charge >= 0.3 is 0 Å². The second-order valence-corrected chi connectivity index (χ2v) is 7.84. The summed E-state index contributed by atoms with van der Waals surface area (Å²) < 4.78 is 0. The van der Waals surface area contributed by atoms with E-state index >= 15 is 0 Å². The molecule has 4 nitrogen and oxygen atoms in total. The summed E-state index contributed by atoms with van der Waals surface area (Å²) in [5.74, 6) is -0.680. The normalized spacial score (nSPS) is 12.3. The van der Waals surface area contributed by atoms with Crippen LogP contribution in [-0.2, 0) is 15.0 Å². The van der Waals surface area contributed by atoms with E-state index in [0.29, 0.717) is 6.42 Å². The van der Waals surface area contributed by atoms with Crippen LogP contribution < -0.4 is 11.1 Å². The Bertz CT molecular complexity index is 719. The van der Waals surface area contributed by atoms with Gasteiger partial charge in [-0.2, -0.15) is 0 Å². The Labute approximate surface area is 174 Å². The van der Waals surface area contributed by atoms with Gasteiger partial charge in [-0.1, -0.05) is 106 Å². The van der Waals surface area contributed by atoms with Crippen molar-refractivity contribution in [3.05, 3.63) is 71.8 Å². The topological polar surface area (TPSA) is 72.2 Å². The van der Waals surface area contributed by atoms with Crippen molar-refractivity contribution < 1.29 is 9.59 Å². The summed E-state index contributed by atoms with van der Waals surface area (Å²) in [4.78, 5) is 25.4. The predicted molar refractivity (Wildman–Crippen MR) is 118 cm³/mol. The third-order valence-electron chi connectivity index (χ3n) is 5.65. The zero-order valence-electron chi connectivity index (χ0n) is 17.7. The van der Waals surface area contributed by atoms with E-state index in [-0.39, 0.29) is 5.91 Å². The van der Waals surface area contributed by atoms with Crippen LogP contribution in [0.25, 0.3) is 0 Å². The standard InChI is InChI=1S/C25H34N2O2/c1-3-4-5-6-7-14-19-22(23(26)28)27-24(29)25(2,20-15-10-8-11-16-20)21-17-12-9-13-18-21/h8-13,15-18,22H,3-7,14,19H2,1-2H3,(H2,26,28)(H,27,29)/t22-/m0/s1. The average molecular weight is 395 g/mol. The maximum atomic E-state index is 13.4. The Morgan fingerprint density at radius 1 is 0.862 bits per heavy atom. The molecule has 2 aromatic carbocycles. The molecule has 0 aliphatic carbocycles. The summed E-state index contributed by atoms with van der Waals surface area (Å²) in [7, 11) is 0. The molecule has 0 aliphatic heterocycles. The summed E-state index contributed by atoms with van der Waals surface area (Å²) in [6.07, 6.45) is 7.31. The van der Waals surface area contributed by atoms with Crippen LogP contribution in [0.2, 0.25) is 0 Å². The molecule has 0 aromatic heterocycles. The van der Waals surface area contributed by atoms with E-state index in [0.717, 1.165) is 30.4 Å². The Morgan fingerprint density at radius 2 is 1.34 bits per heavy atom. The highest BCUT2D eigenvalue weighted by atomic mass is 16.2. The SMILES string of the molecule is CCCCCCCC[C@H](NC(=O)C(C)(c1ccccc1)c1ccccc1)C(N)=O. The molecule has 0 radical (unpaired) electrons. The van der Waals surface area contributed by atoms with Crippen LogP contribution >= 0.6 is 0 Å². The van der Waals surface area contributed by atoms with Gasteiger partial charge in [0.2, 0.25) is 11.8 Å². The summed E-state index contributed by atoms with van der Waals surface area (Å²) in [6.45, 7) is 4.09. The molecule has 0 bridgehead atoms. The molecule has 29 heavy (non-hydrogen) atoms. The number of nitrogens with one attached hydrogen (secondary N) is 1. The molecular weight excluding hydrogens is 360 g/mol. The smallest absolute Gasteiger partial charge is 0.240 e. The zero-order valence-corrected chi connectivity index (χ0v) is 17.7. The number of carbonyl (C=O) groups excluding carboxylic acids is 2. The quantitative estimate of drug-likeness (QED) is 0.512. The van der Waals surface area contributed by atoms with Crippen molar-refractivity contribution in [2.75, 3.05) is 0 Å². The number of unbranched alkanes of at least 4 members (excludes halogenated alkanes) is 5. The van der Waals surface area contributed by atoms with Crippen LogP contribution in [0.15, 0.2) is 60.7 Å². The van der Waals surface area contributed by atoms with Crippen LogP contribution in [0.4, 0.5) is 0 Å². The summed E-state index contributed by atoms with van der Waals surface area (Å²) >= 11 is 0. The van der Waals surface area contributed by atoms with Gasteiger partial charge in [0.25, 0.3) is 0 Å². The van der Waals surface area contributed by atoms with Crippen LogP contribution in [0, 0.1) is 0 Å². The molecule has 0 heterocycles. The van der Waals surface area contributed by atoms with Gasteiger partial charge in [0.1, 0.15) is 6.04 Å². The molecule has 3 N–H and O–H groups in total. The molecule has 1 atom stereocenters. The first-order valence-electron chi connectivity index (χ1n) is 10.7. The minimum atomic E-state index is -0.905. The number of amides is 2. The predicted octanol–water partition coefficient (Wildman–Crippen LogP) is 4.71. The molecular formula is C25H34N2O2. The van der Waals surface area contributed by atoms with E-state index in [4.69, 9.17) is 5.73 Å². The second-order valence-electron chi connectivity index (χ2n) is 7.84. The number of benzene rings is 2. The summed E-state index contributed by atoms with van der Waals surface area (Å²) in [6, 6.07) is 18.7. The lowest BCUT2D eigenvalue weighted by Gasteiger charge is -2.31. The number of hydrogen-bond acceptors (Lipinski definition) is 2. The van der Waals surface area contributed by atoms with Gasteiger partial charge in [-0.05, 0) is 24.5 Å². The fourth-order valence-corrected chi connectivity index (χ4v) is 3.69. The lowest BCUT2D eigenvalue weighted by molar-refractivity contribution is -0.130. The van der Waals surface area contributed by atoms with E-state index in [1.165, 1.54) is 19.3 Å². The van der Waals surface area contributed by atoms with Gasteiger partial charge < -0.3 is 11.1 Å². The van der Waals surface area contributed by atoms with Crippen molar-refractivity contribution in [1.82, 2.24) is 5.32 Å². The molecule has 0 spiro atoms. The van der Waals surface area contributed by atoms with Gasteiger partial charge in [0, 0.05) is 0 Å². The highest BCUT2D eigenvalue weighted by molar-refractivity contribution is 5.95. The molecule has 2 aromatic rings. The Kier molecular flexibility index (Phi) is 8.91. The van der Waals surface area contributed by atoms with Crippen LogP contribution in [0.3, 0.4) is 0 Å². The van der Waals surface area contributed by atoms with E-state index in [1.54, 1.807) is 0 Å². The lowest BCUT2D eigenvalue weighted by atomic mass is 9.75. The zero-order chi connectivity index (χ0) is 21.1. The first-order chi connectivity index (χ1) is 14.0. The van der Waals surface area contributed by atoms with Crippen molar-refractivity contribution in [1.29, 1.82) is 0 Å². The van der Waals surface area contributed by atoms with E-state index < -0.39 is 17.4 Å². The maximum absolute atomic E-state index is 13.4. The van der Waals surface area contributed by atoms with E-state index in [9.17, 15) is 9.59 Å². The molecule has 2 rings (SSSR count). The van der Waals surface area contributed by atoms with E-state index in [1.807, 2.05) is 67.6 Å². The Morgan fingerprint density at radius 3 is 1.83 bits per heavy atom. The third-order valence-corrected chi connectivity index (χ3v) is 5.65. The Hall–Kier alpha value is -2.62. The number of hydrogen-bond donors (Lipinski definition) is 2. The third kappa shape index (κ3) is 6.18. The lowest BCUT2D eigenvalue weighted by Crippen LogP contribution is -2.51. The van der Waals surface area contributed by atoms with Crippen molar-refractivity contribution in [3.8, 4) is 0 Å². The number of nitrogens with two attached hydrogens (primary N) is 1. The molecule has 0 unspecified atom stereocenters. The molecule has 4 heteroatoms. The van der Waals surface area contributed by atoms with Crippen molar-refractivity contribution >= 4 is 11.8 Å². The van der Waals surface area contributed by atoms with Crippen LogP contribution in [0.1, 0.15) is 69.9 Å². The maximum Gasteiger partial charge on any atom is 0.240 e. The minimum absolute atomic E-state index is 0.204. The van der Waals surface area contributed by atoms with Gasteiger partial charge in [-0.3, -0.25) is 9.59 Å². The first kappa shape index (κ1) is 22.7. The highest BCUT2D eigenvalue weighted by Gasteiger charge is 2.38. The molecule has 0 saturated heterocycles.